The first-order chi connectivity index (χ1) is 15.6. The minimum atomic E-state index is -3.53. The van der Waals surface area contributed by atoms with Crippen molar-refractivity contribution >= 4 is 39.1 Å². The van der Waals surface area contributed by atoms with Crippen LogP contribution in [0.4, 0.5) is 11.4 Å². The molecular formula is C23H29N5O3S2. The van der Waals surface area contributed by atoms with Crippen molar-refractivity contribution < 1.29 is 13.2 Å². The SMILES string of the molecule is CCn1c(CN(c2ccc(C)cc2)S(C)(=O)=O)nnc1SCC(=O)Nc1cc(C)ccc1C. The molecular weight excluding hydrogens is 458 g/mol. The molecule has 0 unspecified atom stereocenters. The summed E-state index contributed by atoms with van der Waals surface area (Å²) in [5.74, 6) is 0.540. The average Bonchev–Trinajstić information content (AvgIpc) is 3.14. The van der Waals surface area contributed by atoms with Crippen molar-refractivity contribution in [1.82, 2.24) is 14.8 Å². The van der Waals surface area contributed by atoms with Gasteiger partial charge in [0, 0.05) is 12.2 Å². The Bertz CT molecular complexity index is 1240. The number of carbonyl (C=O) groups is 1. The van der Waals surface area contributed by atoms with Crippen LogP contribution in [0, 0.1) is 20.8 Å². The summed E-state index contributed by atoms with van der Waals surface area (Å²) in [5, 5.41) is 11.9. The summed E-state index contributed by atoms with van der Waals surface area (Å²) in [7, 11) is -3.53. The summed E-state index contributed by atoms with van der Waals surface area (Å²) in [6.45, 7) is 8.41. The summed E-state index contributed by atoms with van der Waals surface area (Å²) in [4.78, 5) is 12.5. The minimum absolute atomic E-state index is 0.0535. The fourth-order valence-electron chi connectivity index (χ4n) is 3.29. The molecule has 0 fully saturated rings. The second-order valence-electron chi connectivity index (χ2n) is 7.90. The van der Waals surface area contributed by atoms with Crippen LogP contribution < -0.4 is 9.62 Å². The number of aryl methyl sites for hydroxylation is 3. The van der Waals surface area contributed by atoms with Crippen LogP contribution in [0.5, 0.6) is 0 Å². The van der Waals surface area contributed by atoms with Gasteiger partial charge in [-0.15, -0.1) is 10.2 Å². The van der Waals surface area contributed by atoms with Crippen molar-refractivity contribution in [3.05, 3.63) is 65.0 Å². The van der Waals surface area contributed by atoms with Gasteiger partial charge in [-0.3, -0.25) is 9.10 Å². The zero-order valence-electron chi connectivity index (χ0n) is 19.5. The molecule has 0 atom stereocenters. The molecule has 1 amide bonds. The molecule has 3 rings (SSSR count). The molecule has 0 radical (unpaired) electrons. The number of sulfonamides is 1. The Morgan fingerprint density at radius 1 is 1.06 bits per heavy atom. The van der Waals surface area contributed by atoms with Gasteiger partial charge in [0.15, 0.2) is 11.0 Å². The molecule has 3 aromatic rings. The third kappa shape index (κ3) is 6.35. The molecule has 0 bridgehead atoms. The molecule has 10 heteroatoms. The van der Waals surface area contributed by atoms with Gasteiger partial charge in [-0.05, 0) is 57.0 Å². The van der Waals surface area contributed by atoms with E-state index in [-0.39, 0.29) is 18.2 Å². The van der Waals surface area contributed by atoms with E-state index in [9.17, 15) is 13.2 Å². The van der Waals surface area contributed by atoms with E-state index in [0.717, 1.165) is 22.4 Å². The number of nitrogens with one attached hydrogen (secondary N) is 1. The topological polar surface area (TPSA) is 97.2 Å². The van der Waals surface area contributed by atoms with Crippen molar-refractivity contribution in [2.75, 3.05) is 21.6 Å². The number of hydrogen-bond acceptors (Lipinski definition) is 6. The first kappa shape index (κ1) is 24.8. The highest BCUT2D eigenvalue weighted by Gasteiger charge is 2.22. The Balaban J connectivity index is 1.74. The number of aromatic nitrogens is 3. The van der Waals surface area contributed by atoms with E-state index < -0.39 is 10.0 Å². The highest BCUT2D eigenvalue weighted by molar-refractivity contribution is 7.99. The average molecular weight is 488 g/mol. The zero-order valence-corrected chi connectivity index (χ0v) is 21.1. The van der Waals surface area contributed by atoms with Crippen molar-refractivity contribution in [3.63, 3.8) is 0 Å². The summed E-state index contributed by atoms with van der Waals surface area (Å²) in [6.07, 6.45) is 1.17. The van der Waals surface area contributed by atoms with E-state index in [1.54, 1.807) is 12.1 Å². The van der Waals surface area contributed by atoms with Gasteiger partial charge in [0.2, 0.25) is 15.9 Å². The monoisotopic (exact) mass is 487 g/mol. The van der Waals surface area contributed by atoms with Crippen LogP contribution in [0.15, 0.2) is 47.6 Å². The summed E-state index contributed by atoms with van der Waals surface area (Å²) in [6, 6.07) is 13.2. The molecule has 0 saturated carbocycles. The lowest BCUT2D eigenvalue weighted by Crippen LogP contribution is -2.30. The first-order valence-electron chi connectivity index (χ1n) is 10.5. The maximum Gasteiger partial charge on any atom is 0.234 e. The van der Waals surface area contributed by atoms with Crippen LogP contribution in [0.1, 0.15) is 29.4 Å². The van der Waals surface area contributed by atoms with E-state index >= 15 is 0 Å². The Morgan fingerprint density at radius 3 is 2.36 bits per heavy atom. The lowest BCUT2D eigenvalue weighted by atomic mass is 10.1. The Kier molecular flexibility index (Phi) is 7.80. The zero-order chi connectivity index (χ0) is 24.2. The number of amides is 1. The highest BCUT2D eigenvalue weighted by atomic mass is 32.2. The van der Waals surface area contributed by atoms with E-state index in [2.05, 4.69) is 15.5 Å². The fraction of sp³-hybridized carbons (Fsp3) is 0.348. The van der Waals surface area contributed by atoms with Crippen LogP contribution in [0.2, 0.25) is 0 Å². The summed E-state index contributed by atoms with van der Waals surface area (Å²) in [5.41, 5.74) is 4.47. The molecule has 0 aliphatic rings. The van der Waals surface area contributed by atoms with Crippen LogP contribution in [-0.4, -0.2) is 41.1 Å². The van der Waals surface area contributed by atoms with Crippen LogP contribution in [0.3, 0.4) is 0 Å². The van der Waals surface area contributed by atoms with Crippen LogP contribution in [-0.2, 0) is 27.9 Å². The van der Waals surface area contributed by atoms with Gasteiger partial charge in [-0.1, -0.05) is 41.6 Å². The molecule has 176 valence electrons. The quantitative estimate of drug-likeness (QED) is 0.460. The van der Waals surface area contributed by atoms with Crippen LogP contribution in [0.25, 0.3) is 0 Å². The third-order valence-electron chi connectivity index (χ3n) is 5.12. The van der Waals surface area contributed by atoms with Crippen molar-refractivity contribution in [2.24, 2.45) is 0 Å². The second-order valence-corrected chi connectivity index (χ2v) is 10.8. The largest absolute Gasteiger partial charge is 0.325 e. The molecule has 0 spiro atoms. The van der Waals surface area contributed by atoms with Crippen molar-refractivity contribution in [3.8, 4) is 0 Å². The highest BCUT2D eigenvalue weighted by Crippen LogP contribution is 2.24. The standard InChI is InChI=1S/C23H29N5O3S2/c1-6-27-21(14-28(33(5,30)31)19-11-8-16(2)9-12-19)25-26-23(27)32-15-22(29)24-20-13-17(3)7-10-18(20)4/h7-13H,6,14-15H2,1-5H3,(H,24,29). The van der Waals surface area contributed by atoms with Crippen molar-refractivity contribution in [1.29, 1.82) is 0 Å². The van der Waals surface area contributed by atoms with Gasteiger partial charge in [0.1, 0.15) is 0 Å². The third-order valence-corrected chi connectivity index (χ3v) is 7.22. The van der Waals surface area contributed by atoms with Gasteiger partial charge in [-0.25, -0.2) is 8.42 Å². The first-order valence-corrected chi connectivity index (χ1v) is 13.4. The van der Waals surface area contributed by atoms with E-state index in [4.69, 9.17) is 0 Å². The van der Waals surface area contributed by atoms with Gasteiger partial charge < -0.3 is 9.88 Å². The number of nitrogens with zero attached hydrogens (tertiary/aromatic N) is 4. The number of carbonyl (C=O) groups excluding carboxylic acids is 1. The number of benzene rings is 2. The van der Waals surface area contributed by atoms with Crippen molar-refractivity contribution in [2.45, 2.75) is 45.9 Å². The smallest absolute Gasteiger partial charge is 0.234 e. The normalized spacial score (nSPS) is 11.4. The summed E-state index contributed by atoms with van der Waals surface area (Å²) < 4.78 is 28.1. The molecule has 33 heavy (non-hydrogen) atoms. The van der Waals surface area contributed by atoms with Gasteiger partial charge in [0.25, 0.3) is 0 Å². The Hall–Kier alpha value is -2.85. The second kappa shape index (κ2) is 10.4. The molecule has 1 aromatic heterocycles. The molecule has 0 saturated heterocycles. The number of thioether (sulfide) groups is 1. The van der Waals surface area contributed by atoms with Crippen LogP contribution >= 0.6 is 11.8 Å². The maximum atomic E-state index is 12.5. The Labute approximate surface area is 199 Å². The van der Waals surface area contributed by atoms with E-state index in [0.29, 0.717) is 23.2 Å². The molecule has 1 heterocycles. The maximum absolute atomic E-state index is 12.5. The molecule has 2 aromatic carbocycles. The summed E-state index contributed by atoms with van der Waals surface area (Å²) >= 11 is 1.27. The van der Waals surface area contributed by atoms with E-state index in [1.165, 1.54) is 22.3 Å². The molecule has 1 N–H and O–H groups in total. The predicted octanol–water partition coefficient (Wildman–Crippen LogP) is 3.92. The van der Waals surface area contributed by atoms with Gasteiger partial charge in [0.05, 0.1) is 24.2 Å². The molecule has 0 aliphatic heterocycles. The molecule has 0 aliphatic carbocycles. The number of anilines is 2. The lowest BCUT2D eigenvalue weighted by Gasteiger charge is -2.22. The fourth-order valence-corrected chi connectivity index (χ4v) is 4.96. The predicted molar refractivity (Wildman–Crippen MR) is 133 cm³/mol. The van der Waals surface area contributed by atoms with Gasteiger partial charge in [-0.2, -0.15) is 0 Å². The number of hydrogen-bond donors (Lipinski definition) is 1. The van der Waals surface area contributed by atoms with Gasteiger partial charge >= 0.3 is 0 Å². The van der Waals surface area contributed by atoms with E-state index in [1.807, 2.05) is 62.6 Å². The molecule has 8 nitrogen and oxygen atoms in total. The number of rotatable bonds is 9. The Morgan fingerprint density at radius 2 is 1.73 bits per heavy atom. The lowest BCUT2D eigenvalue weighted by molar-refractivity contribution is -0.113. The minimum Gasteiger partial charge on any atom is -0.325 e.